The number of pyridine rings is 1. The number of aromatic nitrogens is 3. The van der Waals surface area contributed by atoms with E-state index in [4.69, 9.17) is 0 Å². The van der Waals surface area contributed by atoms with E-state index in [9.17, 15) is 9.00 Å². The van der Waals surface area contributed by atoms with Crippen molar-refractivity contribution in [3.05, 3.63) is 71.9 Å². The number of fused-ring (bicyclic) bond motifs is 1. The van der Waals surface area contributed by atoms with E-state index in [2.05, 4.69) is 73.0 Å². The number of amides is 1. The van der Waals surface area contributed by atoms with Crippen LogP contribution >= 0.6 is 0 Å². The number of nitrogens with one attached hydrogen (secondary N) is 3. The summed E-state index contributed by atoms with van der Waals surface area (Å²) in [6.45, 7) is 7.66. The monoisotopic (exact) mass is 562 g/mol. The Balaban J connectivity index is 1.62. The van der Waals surface area contributed by atoms with Crippen molar-refractivity contribution in [1.82, 2.24) is 25.2 Å². The molecular weight excluding hydrogens is 524 g/mol. The molecule has 40 heavy (non-hydrogen) atoms. The number of benzene rings is 1. The molecule has 11 heteroatoms. The minimum atomic E-state index is -2.37. The van der Waals surface area contributed by atoms with Crippen LogP contribution < -0.4 is 16.0 Å². The lowest BCUT2D eigenvalue weighted by Crippen LogP contribution is -2.33. The highest BCUT2D eigenvalue weighted by Gasteiger charge is 2.21. The van der Waals surface area contributed by atoms with E-state index in [1.54, 1.807) is 24.3 Å². The lowest BCUT2D eigenvalue weighted by atomic mass is 9.87. The van der Waals surface area contributed by atoms with E-state index in [0.717, 1.165) is 24.9 Å². The standard InChI is InChI=1S/C29H38N8O2S/c1-6-16-30-28(38)24-19-31-29(32-22-14-12-21-18-23(37(4)5)15-13-20(21)17-22)35-27(24)34-25-10-9-11-26(33-25)36-40(39,7-2)8-3/h6,9-12,14,17,19,23H,1,7-8,13,15-16,18H2,2-5H3,(H,30,38)(H2,31,32,33,34,35). The largest absolute Gasteiger partial charge is 0.348 e. The first kappa shape index (κ1) is 29.2. The van der Waals surface area contributed by atoms with Crippen LogP contribution in [-0.2, 0) is 22.6 Å². The molecule has 4 rings (SSSR count). The average molecular weight is 563 g/mol. The fourth-order valence-electron chi connectivity index (χ4n) is 4.52. The van der Waals surface area contributed by atoms with E-state index >= 15 is 0 Å². The second kappa shape index (κ2) is 13.0. The molecule has 1 amide bonds. The molecule has 2 heterocycles. The second-order valence-corrected chi connectivity index (χ2v) is 12.8. The Morgan fingerprint density at radius 1 is 1.15 bits per heavy atom. The predicted molar refractivity (Wildman–Crippen MR) is 163 cm³/mol. The third-order valence-electron chi connectivity index (χ3n) is 6.98. The minimum Gasteiger partial charge on any atom is -0.348 e. The van der Waals surface area contributed by atoms with Crippen LogP contribution in [0.5, 0.6) is 0 Å². The van der Waals surface area contributed by atoms with Gasteiger partial charge in [-0.25, -0.2) is 14.2 Å². The van der Waals surface area contributed by atoms with Gasteiger partial charge in [0.15, 0.2) is 5.82 Å². The average Bonchev–Trinajstić information content (AvgIpc) is 2.95. The van der Waals surface area contributed by atoms with Crippen molar-refractivity contribution in [2.24, 2.45) is 4.36 Å². The predicted octanol–water partition coefficient (Wildman–Crippen LogP) is 4.83. The number of carbonyl (C=O) groups excluding carboxylic acids is 1. The fourth-order valence-corrected chi connectivity index (χ4v) is 5.62. The third-order valence-corrected chi connectivity index (χ3v) is 9.30. The van der Waals surface area contributed by atoms with Gasteiger partial charge in [-0.05, 0) is 68.8 Å². The molecule has 0 bridgehead atoms. The molecule has 1 unspecified atom stereocenters. The molecule has 3 N–H and O–H groups in total. The molecule has 0 saturated carbocycles. The van der Waals surface area contributed by atoms with E-state index in [1.165, 1.54) is 17.3 Å². The van der Waals surface area contributed by atoms with Gasteiger partial charge < -0.3 is 20.9 Å². The molecule has 1 aliphatic rings. The molecule has 0 radical (unpaired) electrons. The number of rotatable bonds is 11. The van der Waals surface area contributed by atoms with Crippen molar-refractivity contribution < 1.29 is 9.00 Å². The second-order valence-electron chi connectivity index (χ2n) is 9.87. The summed E-state index contributed by atoms with van der Waals surface area (Å²) < 4.78 is 17.2. The number of likely N-dealkylation sites (N-methyl/N-ethyl adjacent to an activating group) is 1. The summed E-state index contributed by atoms with van der Waals surface area (Å²) in [5, 5.41) is 9.19. The summed E-state index contributed by atoms with van der Waals surface area (Å²) in [6, 6.07) is 12.1. The number of nitrogens with zero attached hydrogens (tertiary/aromatic N) is 5. The summed E-state index contributed by atoms with van der Waals surface area (Å²) in [7, 11) is 1.89. The van der Waals surface area contributed by atoms with Crippen molar-refractivity contribution in [3.63, 3.8) is 0 Å². The van der Waals surface area contributed by atoms with Crippen molar-refractivity contribution in [2.45, 2.75) is 39.2 Å². The molecular formula is C29H38N8O2S. The Labute approximate surface area is 236 Å². The number of anilines is 4. The zero-order chi connectivity index (χ0) is 28.7. The third kappa shape index (κ3) is 7.22. The summed E-state index contributed by atoms with van der Waals surface area (Å²) in [5.74, 6) is 1.93. The molecule has 1 aromatic carbocycles. The van der Waals surface area contributed by atoms with Crippen LogP contribution in [0.3, 0.4) is 0 Å². The topological polar surface area (TPSA) is 125 Å². The fraction of sp³-hybridized carbons (Fsp3) is 0.379. The van der Waals surface area contributed by atoms with Gasteiger partial charge in [-0.2, -0.15) is 9.35 Å². The van der Waals surface area contributed by atoms with Gasteiger partial charge in [0.05, 0.1) is 9.73 Å². The highest BCUT2D eigenvalue weighted by Crippen LogP contribution is 2.28. The highest BCUT2D eigenvalue weighted by atomic mass is 32.2. The molecule has 10 nitrogen and oxygen atoms in total. The summed E-state index contributed by atoms with van der Waals surface area (Å²) in [4.78, 5) is 28.7. The Bertz CT molecular complexity index is 1490. The van der Waals surface area contributed by atoms with Gasteiger partial charge >= 0.3 is 0 Å². The minimum absolute atomic E-state index is 0.252. The van der Waals surface area contributed by atoms with Crippen LogP contribution in [0.15, 0.2) is 59.6 Å². The lowest BCUT2D eigenvalue weighted by molar-refractivity contribution is 0.0958. The first-order valence-corrected chi connectivity index (χ1v) is 15.4. The summed E-state index contributed by atoms with van der Waals surface area (Å²) in [6.07, 6.45) is 6.24. The molecule has 212 valence electrons. The lowest BCUT2D eigenvalue weighted by Gasteiger charge is -2.30. The molecule has 0 saturated heterocycles. The van der Waals surface area contributed by atoms with Crippen LogP contribution in [0.2, 0.25) is 0 Å². The van der Waals surface area contributed by atoms with Crippen LogP contribution in [0.4, 0.5) is 29.1 Å². The molecule has 0 fully saturated rings. The smallest absolute Gasteiger partial charge is 0.256 e. The van der Waals surface area contributed by atoms with Gasteiger partial charge in [0, 0.05) is 36.0 Å². The van der Waals surface area contributed by atoms with Crippen LogP contribution in [-0.4, -0.2) is 68.2 Å². The molecule has 1 aliphatic carbocycles. The van der Waals surface area contributed by atoms with Crippen molar-refractivity contribution in [3.8, 4) is 0 Å². The molecule has 0 aliphatic heterocycles. The Hall–Kier alpha value is -3.83. The number of aryl methyl sites for hydroxylation is 1. The first-order valence-electron chi connectivity index (χ1n) is 13.5. The zero-order valence-corrected chi connectivity index (χ0v) is 24.4. The van der Waals surface area contributed by atoms with Crippen molar-refractivity contribution in [2.75, 3.05) is 42.8 Å². The first-order chi connectivity index (χ1) is 19.2. The van der Waals surface area contributed by atoms with Crippen LogP contribution in [0.1, 0.15) is 41.8 Å². The highest BCUT2D eigenvalue weighted by molar-refractivity contribution is 7.93. The SMILES string of the molecule is C=CCNC(=O)c1cnc(Nc2ccc3c(c2)CCC(N(C)C)C3)nc1Nc1cccc(N=S(=O)(CC)CC)n1. The molecule has 1 atom stereocenters. The quantitative estimate of drug-likeness (QED) is 0.284. The van der Waals surface area contributed by atoms with E-state index < -0.39 is 9.73 Å². The van der Waals surface area contributed by atoms with Gasteiger partial charge in [-0.1, -0.05) is 32.1 Å². The van der Waals surface area contributed by atoms with Gasteiger partial charge in [0.2, 0.25) is 5.95 Å². The van der Waals surface area contributed by atoms with Gasteiger partial charge in [0.25, 0.3) is 5.91 Å². The Morgan fingerprint density at radius 2 is 1.95 bits per heavy atom. The van der Waals surface area contributed by atoms with E-state index in [0.29, 0.717) is 41.7 Å². The summed E-state index contributed by atoms with van der Waals surface area (Å²) in [5.41, 5.74) is 3.81. The van der Waals surface area contributed by atoms with Gasteiger partial charge in [-0.15, -0.1) is 6.58 Å². The maximum absolute atomic E-state index is 12.9. The maximum Gasteiger partial charge on any atom is 0.256 e. The summed E-state index contributed by atoms with van der Waals surface area (Å²) >= 11 is 0. The number of hydrogen-bond acceptors (Lipinski definition) is 9. The van der Waals surface area contributed by atoms with Crippen molar-refractivity contribution in [1.29, 1.82) is 0 Å². The number of carbonyl (C=O) groups is 1. The van der Waals surface area contributed by atoms with Gasteiger partial charge in [-0.3, -0.25) is 4.79 Å². The maximum atomic E-state index is 12.9. The zero-order valence-electron chi connectivity index (χ0n) is 23.6. The van der Waals surface area contributed by atoms with E-state index in [-0.39, 0.29) is 17.3 Å². The van der Waals surface area contributed by atoms with Crippen molar-refractivity contribution >= 4 is 44.7 Å². The van der Waals surface area contributed by atoms with E-state index in [1.807, 2.05) is 19.9 Å². The molecule has 0 spiro atoms. The van der Waals surface area contributed by atoms with Crippen LogP contribution in [0, 0.1) is 0 Å². The molecule has 2 aromatic heterocycles. The van der Waals surface area contributed by atoms with Gasteiger partial charge in [0.1, 0.15) is 17.2 Å². The molecule has 3 aromatic rings. The van der Waals surface area contributed by atoms with Crippen LogP contribution in [0.25, 0.3) is 0 Å². The number of hydrogen-bond donors (Lipinski definition) is 3. The Kier molecular flexibility index (Phi) is 9.49. The Morgan fingerprint density at radius 3 is 2.67 bits per heavy atom. The normalized spacial score (nSPS) is 14.8.